The number of aromatic nitrogens is 5. The van der Waals surface area contributed by atoms with Gasteiger partial charge in [0.05, 0.1) is 16.8 Å². The smallest absolute Gasteiger partial charge is 0.259 e. The van der Waals surface area contributed by atoms with Gasteiger partial charge in [-0.15, -0.1) is 0 Å². The largest absolute Gasteiger partial charge is 0.366 e. The highest BCUT2D eigenvalue weighted by molar-refractivity contribution is 6.08. The van der Waals surface area contributed by atoms with E-state index in [1.54, 1.807) is 30.3 Å². The third-order valence-electron chi connectivity index (χ3n) is 5.42. The van der Waals surface area contributed by atoms with Crippen molar-refractivity contribution < 1.29 is 18.4 Å². The van der Waals surface area contributed by atoms with E-state index in [9.17, 15) is 18.4 Å². The molecule has 5 aromatic rings. The van der Waals surface area contributed by atoms with Crippen LogP contribution in [0.3, 0.4) is 0 Å². The van der Waals surface area contributed by atoms with Gasteiger partial charge in [-0.1, -0.05) is 18.2 Å². The Morgan fingerprint density at radius 3 is 2.44 bits per heavy atom. The molecule has 3 N–H and O–H groups in total. The molecule has 2 amide bonds. The minimum Gasteiger partial charge on any atom is -0.366 e. The number of nitrogens with zero attached hydrogens (tertiary/aromatic N) is 5. The van der Waals surface area contributed by atoms with E-state index < -0.39 is 24.3 Å². The third-order valence-corrected chi connectivity index (χ3v) is 5.42. The monoisotopic (exact) mass is 485 g/mol. The van der Waals surface area contributed by atoms with Crippen molar-refractivity contribution in [3.05, 3.63) is 95.7 Å². The first-order valence-corrected chi connectivity index (χ1v) is 10.7. The summed E-state index contributed by atoms with van der Waals surface area (Å²) in [4.78, 5) is 37.3. The zero-order chi connectivity index (χ0) is 25.2. The van der Waals surface area contributed by atoms with Crippen molar-refractivity contribution in [2.24, 2.45) is 5.73 Å². The molecule has 3 aromatic heterocycles. The lowest BCUT2D eigenvalue weighted by molar-refractivity contribution is 0.0996. The van der Waals surface area contributed by atoms with Gasteiger partial charge in [0.1, 0.15) is 23.5 Å². The Kier molecular flexibility index (Phi) is 5.87. The molecular formula is C25H17F2N7O2. The second kappa shape index (κ2) is 9.29. The molecule has 0 aliphatic heterocycles. The Balaban J connectivity index is 1.62. The van der Waals surface area contributed by atoms with Crippen molar-refractivity contribution in [1.82, 2.24) is 24.7 Å². The van der Waals surface area contributed by atoms with Crippen LogP contribution in [-0.2, 0) is 6.67 Å². The number of fused-ring (bicyclic) bond motifs is 1. The van der Waals surface area contributed by atoms with E-state index in [1.165, 1.54) is 35.4 Å². The van der Waals surface area contributed by atoms with Crippen molar-refractivity contribution in [2.45, 2.75) is 6.67 Å². The SMILES string of the molecule is NC(=O)c1cnc2c(NC(=O)c3cc(-c4ncccn4)c(CF)cc3F)n(-c3ccccc3)nc2c1. The van der Waals surface area contributed by atoms with E-state index in [4.69, 9.17) is 5.73 Å². The number of carbonyl (C=O) groups excluding carboxylic acids is 2. The van der Waals surface area contributed by atoms with Crippen LogP contribution in [0.1, 0.15) is 26.3 Å². The first kappa shape index (κ1) is 22.7. The predicted octanol–water partition coefficient (Wildman–Crippen LogP) is 3.84. The molecule has 0 unspecified atom stereocenters. The van der Waals surface area contributed by atoms with E-state index in [0.717, 1.165) is 6.07 Å². The number of primary amides is 1. The lowest BCUT2D eigenvalue weighted by atomic mass is 10.0. The highest BCUT2D eigenvalue weighted by atomic mass is 19.1. The fraction of sp³-hybridized carbons (Fsp3) is 0.0400. The first-order chi connectivity index (χ1) is 17.5. The molecule has 0 saturated heterocycles. The summed E-state index contributed by atoms with van der Waals surface area (Å²) < 4.78 is 30.0. The molecule has 178 valence electrons. The van der Waals surface area contributed by atoms with Gasteiger partial charge >= 0.3 is 0 Å². The number of nitrogens with one attached hydrogen (secondary N) is 1. The number of hydrogen-bond donors (Lipinski definition) is 2. The molecule has 0 aliphatic carbocycles. The van der Waals surface area contributed by atoms with Crippen LogP contribution >= 0.6 is 0 Å². The fourth-order valence-corrected chi connectivity index (χ4v) is 3.69. The quantitative estimate of drug-likeness (QED) is 0.376. The molecule has 0 spiro atoms. The molecule has 3 heterocycles. The predicted molar refractivity (Wildman–Crippen MR) is 128 cm³/mol. The normalized spacial score (nSPS) is 10.9. The molecule has 0 radical (unpaired) electrons. The van der Waals surface area contributed by atoms with Gasteiger partial charge in [-0.2, -0.15) is 5.10 Å². The van der Waals surface area contributed by atoms with Gasteiger partial charge in [-0.05, 0) is 42.0 Å². The summed E-state index contributed by atoms with van der Waals surface area (Å²) in [5.41, 5.74) is 6.47. The molecular weight excluding hydrogens is 468 g/mol. The van der Waals surface area contributed by atoms with E-state index in [2.05, 4.69) is 25.4 Å². The lowest BCUT2D eigenvalue weighted by Crippen LogP contribution is -2.17. The number of amides is 2. The molecule has 9 nitrogen and oxygen atoms in total. The summed E-state index contributed by atoms with van der Waals surface area (Å²) in [6.07, 6.45) is 4.19. The summed E-state index contributed by atoms with van der Waals surface area (Å²) in [7, 11) is 0. The maximum atomic E-state index is 14.9. The zero-order valence-electron chi connectivity index (χ0n) is 18.5. The number of carbonyl (C=O) groups is 2. The van der Waals surface area contributed by atoms with E-state index in [1.807, 2.05) is 6.07 Å². The van der Waals surface area contributed by atoms with Gasteiger partial charge in [-0.25, -0.2) is 28.4 Å². The van der Waals surface area contributed by atoms with Crippen molar-refractivity contribution in [3.8, 4) is 17.1 Å². The van der Waals surface area contributed by atoms with Crippen LogP contribution in [-0.4, -0.2) is 36.5 Å². The molecule has 36 heavy (non-hydrogen) atoms. The Hall–Kier alpha value is -5.06. The van der Waals surface area contributed by atoms with Gasteiger partial charge in [0.15, 0.2) is 11.6 Å². The molecule has 0 atom stereocenters. The molecule has 0 saturated carbocycles. The van der Waals surface area contributed by atoms with Gasteiger partial charge in [0.25, 0.3) is 5.91 Å². The van der Waals surface area contributed by atoms with Crippen molar-refractivity contribution in [3.63, 3.8) is 0 Å². The Labute approximate surface area is 202 Å². The molecule has 0 aliphatic rings. The van der Waals surface area contributed by atoms with Crippen LogP contribution in [0.15, 0.2) is 73.2 Å². The van der Waals surface area contributed by atoms with Gasteiger partial charge in [0.2, 0.25) is 5.91 Å². The Bertz CT molecular complexity index is 1610. The molecule has 11 heteroatoms. The number of benzene rings is 2. The fourth-order valence-electron chi connectivity index (χ4n) is 3.69. The molecule has 2 aromatic carbocycles. The number of para-hydroxylation sites is 1. The van der Waals surface area contributed by atoms with Crippen molar-refractivity contribution in [2.75, 3.05) is 5.32 Å². The molecule has 5 rings (SSSR count). The summed E-state index contributed by atoms with van der Waals surface area (Å²) in [5.74, 6) is -2.13. The van der Waals surface area contributed by atoms with Crippen molar-refractivity contribution in [1.29, 1.82) is 0 Å². The standard InChI is InChI=1S/C25H17F2N7O2/c26-12-14-9-19(27)18(11-17(14)23-29-7-4-8-30-23)25(36)32-24-21-20(10-15(13-31-21)22(28)35)33-34(24)16-5-2-1-3-6-16/h1-11,13H,12H2,(H2,28,35)(H,32,36). The number of hydrogen-bond acceptors (Lipinski definition) is 6. The highest BCUT2D eigenvalue weighted by Gasteiger charge is 2.22. The zero-order valence-corrected chi connectivity index (χ0v) is 18.5. The minimum absolute atomic E-state index is 0.00988. The van der Waals surface area contributed by atoms with Crippen LogP contribution in [0.4, 0.5) is 14.6 Å². The van der Waals surface area contributed by atoms with E-state index in [0.29, 0.717) is 5.69 Å². The molecule has 0 bridgehead atoms. The summed E-state index contributed by atoms with van der Waals surface area (Å²) >= 11 is 0. The average Bonchev–Trinajstić information content (AvgIpc) is 3.26. The maximum absolute atomic E-state index is 14.9. The van der Waals surface area contributed by atoms with Crippen LogP contribution in [0.5, 0.6) is 0 Å². The second-order valence-electron chi connectivity index (χ2n) is 7.70. The number of alkyl halides is 1. The second-order valence-corrected chi connectivity index (χ2v) is 7.70. The highest BCUT2D eigenvalue weighted by Crippen LogP contribution is 2.29. The number of rotatable bonds is 6. The van der Waals surface area contributed by atoms with Crippen LogP contribution < -0.4 is 11.1 Å². The van der Waals surface area contributed by atoms with Crippen molar-refractivity contribution >= 4 is 28.7 Å². The van der Waals surface area contributed by atoms with Gasteiger partial charge in [-0.3, -0.25) is 9.59 Å². The maximum Gasteiger partial charge on any atom is 0.259 e. The number of pyridine rings is 1. The van der Waals surface area contributed by atoms with Crippen LogP contribution in [0, 0.1) is 5.82 Å². The average molecular weight is 485 g/mol. The molecule has 0 fully saturated rings. The number of nitrogens with two attached hydrogens (primary N) is 1. The topological polar surface area (TPSA) is 129 Å². The number of anilines is 1. The number of halogens is 2. The van der Waals surface area contributed by atoms with Crippen LogP contribution in [0.25, 0.3) is 28.1 Å². The summed E-state index contributed by atoms with van der Waals surface area (Å²) in [6, 6.07) is 14.0. The van der Waals surface area contributed by atoms with E-state index in [-0.39, 0.29) is 44.9 Å². The lowest BCUT2D eigenvalue weighted by Gasteiger charge is -2.12. The van der Waals surface area contributed by atoms with E-state index >= 15 is 0 Å². The van der Waals surface area contributed by atoms with Crippen LogP contribution in [0.2, 0.25) is 0 Å². The first-order valence-electron chi connectivity index (χ1n) is 10.7. The van der Waals surface area contributed by atoms with Gasteiger partial charge in [0, 0.05) is 24.2 Å². The Morgan fingerprint density at radius 2 is 1.75 bits per heavy atom. The minimum atomic E-state index is -0.968. The Morgan fingerprint density at radius 1 is 1.00 bits per heavy atom. The summed E-state index contributed by atoms with van der Waals surface area (Å²) in [6.45, 7) is -0.968. The van der Waals surface area contributed by atoms with Gasteiger partial charge < -0.3 is 11.1 Å². The third kappa shape index (κ3) is 4.13. The summed E-state index contributed by atoms with van der Waals surface area (Å²) in [5, 5.41) is 7.12.